The number of hydrogen-bond acceptors (Lipinski definition) is 8. The Balaban J connectivity index is 1.58. The van der Waals surface area contributed by atoms with E-state index < -0.39 is 0 Å². The van der Waals surface area contributed by atoms with Crippen LogP contribution >= 0.6 is 0 Å². The minimum atomic E-state index is -0.294. The Kier molecular flexibility index (Phi) is 8.84. The van der Waals surface area contributed by atoms with E-state index in [0.717, 1.165) is 0 Å². The van der Waals surface area contributed by atoms with Crippen molar-refractivity contribution in [2.24, 2.45) is 10.2 Å². The standard InChI is InChI=1S/C21H24N4O6/c26-16-8-6-14(18(28)10-16)12-22-24-20(30)4-2-1-3-5-21(31)25-23-13-15-7-9-17(27)11-19(15)29/h6-13,26-29H,1-5H2,(H,24,30)(H,25,31). The molecular weight excluding hydrogens is 404 g/mol. The molecule has 10 nitrogen and oxygen atoms in total. The molecule has 0 saturated carbocycles. The summed E-state index contributed by atoms with van der Waals surface area (Å²) in [7, 11) is 0. The average molecular weight is 428 g/mol. The second-order valence-electron chi connectivity index (χ2n) is 6.63. The van der Waals surface area contributed by atoms with E-state index in [9.17, 15) is 30.0 Å². The smallest absolute Gasteiger partial charge is 0.240 e. The lowest BCUT2D eigenvalue weighted by molar-refractivity contribution is -0.121. The Bertz CT molecular complexity index is 897. The summed E-state index contributed by atoms with van der Waals surface area (Å²) in [6.45, 7) is 0. The van der Waals surface area contributed by atoms with Gasteiger partial charge >= 0.3 is 0 Å². The lowest BCUT2D eigenvalue weighted by Gasteiger charge is -2.02. The highest BCUT2D eigenvalue weighted by Gasteiger charge is 2.04. The highest BCUT2D eigenvalue weighted by molar-refractivity contribution is 5.86. The fourth-order valence-corrected chi connectivity index (χ4v) is 2.49. The van der Waals surface area contributed by atoms with Crippen molar-refractivity contribution < 1.29 is 30.0 Å². The SMILES string of the molecule is O=C(CCCCCC(=O)NN=Cc1ccc(O)cc1O)NN=Cc1ccc(O)cc1O. The van der Waals surface area contributed by atoms with Gasteiger partial charge in [0.2, 0.25) is 11.8 Å². The minimum absolute atomic E-state index is 0.0733. The maximum Gasteiger partial charge on any atom is 0.240 e. The van der Waals surface area contributed by atoms with Gasteiger partial charge in [-0.1, -0.05) is 6.42 Å². The fraction of sp³-hybridized carbons (Fsp3) is 0.238. The summed E-state index contributed by atoms with van der Waals surface area (Å²) in [4.78, 5) is 23.5. The molecule has 0 heterocycles. The third-order valence-corrected chi connectivity index (χ3v) is 4.12. The second kappa shape index (κ2) is 11.8. The van der Waals surface area contributed by atoms with Crippen molar-refractivity contribution in [2.75, 3.05) is 0 Å². The van der Waals surface area contributed by atoms with Crippen molar-refractivity contribution in [3.8, 4) is 23.0 Å². The van der Waals surface area contributed by atoms with Crippen LogP contribution in [0.25, 0.3) is 0 Å². The second-order valence-corrected chi connectivity index (χ2v) is 6.63. The Hall–Kier alpha value is -4.08. The van der Waals surface area contributed by atoms with Crippen LogP contribution in [0.15, 0.2) is 46.6 Å². The first-order valence-electron chi connectivity index (χ1n) is 9.53. The van der Waals surface area contributed by atoms with Crippen LogP contribution in [0, 0.1) is 0 Å². The van der Waals surface area contributed by atoms with Gasteiger partial charge in [0.15, 0.2) is 0 Å². The molecule has 2 aromatic rings. The first kappa shape index (κ1) is 23.2. The number of rotatable bonds is 10. The number of hydrazone groups is 2. The molecule has 0 aromatic heterocycles. The fourth-order valence-electron chi connectivity index (χ4n) is 2.49. The number of aromatic hydroxyl groups is 4. The molecule has 0 bridgehead atoms. The third-order valence-electron chi connectivity index (χ3n) is 4.12. The third kappa shape index (κ3) is 8.44. The Morgan fingerprint density at radius 3 is 1.52 bits per heavy atom. The molecule has 6 N–H and O–H groups in total. The first-order valence-corrected chi connectivity index (χ1v) is 9.53. The zero-order valence-corrected chi connectivity index (χ0v) is 16.7. The van der Waals surface area contributed by atoms with E-state index in [2.05, 4.69) is 21.1 Å². The number of carbonyl (C=O) groups excluding carboxylic acids is 2. The predicted octanol–water partition coefficient (Wildman–Crippen LogP) is 2.06. The van der Waals surface area contributed by atoms with Gasteiger partial charge in [-0.05, 0) is 37.1 Å². The predicted molar refractivity (Wildman–Crippen MR) is 114 cm³/mol. The molecular formula is C21H24N4O6. The van der Waals surface area contributed by atoms with Gasteiger partial charge in [-0.15, -0.1) is 0 Å². The van der Waals surface area contributed by atoms with E-state index >= 15 is 0 Å². The van der Waals surface area contributed by atoms with Gasteiger partial charge in [-0.3, -0.25) is 9.59 Å². The average Bonchev–Trinajstić information content (AvgIpc) is 2.71. The highest BCUT2D eigenvalue weighted by Crippen LogP contribution is 2.21. The molecule has 0 fully saturated rings. The number of benzene rings is 2. The number of unbranched alkanes of at least 4 members (excludes halogenated alkanes) is 2. The molecule has 0 saturated heterocycles. The van der Waals surface area contributed by atoms with Crippen LogP contribution < -0.4 is 10.9 Å². The Labute approximate surface area is 178 Å². The molecule has 0 spiro atoms. The van der Waals surface area contributed by atoms with Gasteiger partial charge in [0, 0.05) is 36.1 Å². The van der Waals surface area contributed by atoms with E-state index in [4.69, 9.17) is 0 Å². The number of phenols is 4. The zero-order valence-electron chi connectivity index (χ0n) is 16.7. The molecule has 0 aliphatic heterocycles. The molecule has 31 heavy (non-hydrogen) atoms. The monoisotopic (exact) mass is 428 g/mol. The molecule has 0 aliphatic carbocycles. The van der Waals surface area contributed by atoms with Crippen molar-refractivity contribution in [2.45, 2.75) is 32.1 Å². The number of carbonyl (C=O) groups is 2. The minimum Gasteiger partial charge on any atom is -0.508 e. The normalized spacial score (nSPS) is 11.1. The summed E-state index contributed by atoms with van der Waals surface area (Å²) in [6.07, 6.45) is 4.82. The van der Waals surface area contributed by atoms with Crippen LogP contribution in [0.2, 0.25) is 0 Å². The van der Waals surface area contributed by atoms with Crippen LogP contribution in [0.4, 0.5) is 0 Å². The van der Waals surface area contributed by atoms with Crippen molar-refractivity contribution in [1.29, 1.82) is 0 Å². The van der Waals surface area contributed by atoms with Crippen molar-refractivity contribution in [1.82, 2.24) is 10.9 Å². The summed E-state index contributed by atoms with van der Waals surface area (Å²) in [5.74, 6) is -1.04. The van der Waals surface area contributed by atoms with E-state index in [1.54, 1.807) is 0 Å². The highest BCUT2D eigenvalue weighted by atomic mass is 16.3. The molecule has 0 atom stereocenters. The number of nitrogens with zero attached hydrogens (tertiary/aromatic N) is 2. The van der Waals surface area contributed by atoms with Gasteiger partial charge in [-0.2, -0.15) is 10.2 Å². The zero-order chi connectivity index (χ0) is 22.6. The summed E-state index contributed by atoms with van der Waals surface area (Å²) in [6, 6.07) is 8.04. The van der Waals surface area contributed by atoms with E-state index in [1.807, 2.05) is 0 Å². The maximum atomic E-state index is 11.7. The van der Waals surface area contributed by atoms with Crippen LogP contribution in [0.3, 0.4) is 0 Å². The van der Waals surface area contributed by atoms with Gasteiger partial charge in [0.25, 0.3) is 0 Å². The van der Waals surface area contributed by atoms with Crippen molar-refractivity contribution >= 4 is 24.2 Å². The van der Waals surface area contributed by atoms with E-state index in [1.165, 1.54) is 48.8 Å². The maximum absolute atomic E-state index is 11.7. The summed E-state index contributed by atoms with van der Waals surface area (Å²) >= 11 is 0. The summed E-state index contributed by atoms with van der Waals surface area (Å²) in [5.41, 5.74) is 5.40. The molecule has 0 aliphatic rings. The van der Waals surface area contributed by atoms with Crippen LogP contribution in [-0.2, 0) is 9.59 Å². The topological polar surface area (TPSA) is 164 Å². The summed E-state index contributed by atoms with van der Waals surface area (Å²) < 4.78 is 0. The Morgan fingerprint density at radius 2 is 1.13 bits per heavy atom. The lowest BCUT2D eigenvalue weighted by atomic mass is 10.1. The Morgan fingerprint density at radius 1 is 0.710 bits per heavy atom. The van der Waals surface area contributed by atoms with Crippen LogP contribution in [0.5, 0.6) is 23.0 Å². The summed E-state index contributed by atoms with van der Waals surface area (Å²) in [5, 5.41) is 45.1. The number of phenolic OH excluding ortho intramolecular Hbond substituents is 4. The van der Waals surface area contributed by atoms with Crippen molar-refractivity contribution in [3.05, 3.63) is 47.5 Å². The van der Waals surface area contributed by atoms with Gasteiger partial charge < -0.3 is 20.4 Å². The molecule has 0 radical (unpaired) electrons. The molecule has 10 heteroatoms. The molecule has 164 valence electrons. The van der Waals surface area contributed by atoms with Gasteiger partial charge in [0.05, 0.1) is 12.4 Å². The largest absolute Gasteiger partial charge is 0.508 e. The van der Waals surface area contributed by atoms with Crippen molar-refractivity contribution in [3.63, 3.8) is 0 Å². The number of amides is 2. The van der Waals surface area contributed by atoms with Crippen LogP contribution in [0.1, 0.15) is 43.2 Å². The molecule has 0 unspecified atom stereocenters. The van der Waals surface area contributed by atoms with E-state index in [-0.39, 0.29) is 47.7 Å². The molecule has 2 rings (SSSR count). The lowest BCUT2D eigenvalue weighted by Crippen LogP contribution is -2.18. The first-order chi connectivity index (χ1) is 14.8. The van der Waals surface area contributed by atoms with Crippen LogP contribution in [-0.4, -0.2) is 44.7 Å². The number of hydrogen-bond donors (Lipinski definition) is 6. The quantitative estimate of drug-likeness (QED) is 0.193. The van der Waals surface area contributed by atoms with E-state index in [0.29, 0.717) is 30.4 Å². The molecule has 2 amide bonds. The van der Waals surface area contributed by atoms with Gasteiger partial charge in [0.1, 0.15) is 23.0 Å². The van der Waals surface area contributed by atoms with Gasteiger partial charge in [-0.25, -0.2) is 10.9 Å². The number of nitrogens with one attached hydrogen (secondary N) is 2. The molecule has 2 aromatic carbocycles.